The Morgan fingerprint density at radius 1 is 0.864 bits per heavy atom. The van der Waals surface area contributed by atoms with E-state index in [-0.39, 0.29) is 5.78 Å². The number of carbonyl (C=O) groups is 1. The Morgan fingerprint density at radius 3 is 2.05 bits per heavy atom. The fourth-order valence-electron chi connectivity index (χ4n) is 1.91. The van der Waals surface area contributed by atoms with Crippen LogP contribution in [-0.4, -0.2) is 27.1 Å². The summed E-state index contributed by atoms with van der Waals surface area (Å²) in [5, 5.41) is 0. The first kappa shape index (κ1) is 15.5. The molecule has 0 amide bonds. The molecule has 2 aromatic carbocycles. The number of hydrogen-bond donors (Lipinski definition) is 0. The second-order valence-electron chi connectivity index (χ2n) is 4.35. The first-order chi connectivity index (χ1) is 10.7. The molecule has 0 heterocycles. The third-order valence-electron chi connectivity index (χ3n) is 3.05. The van der Waals surface area contributed by atoms with Crippen LogP contribution in [0.4, 0.5) is 0 Å². The van der Waals surface area contributed by atoms with Crippen molar-refractivity contribution in [2.75, 3.05) is 21.3 Å². The van der Waals surface area contributed by atoms with Gasteiger partial charge in [-0.25, -0.2) is 0 Å². The van der Waals surface area contributed by atoms with Gasteiger partial charge >= 0.3 is 0 Å². The number of benzene rings is 2. The van der Waals surface area contributed by atoms with Gasteiger partial charge in [0.15, 0.2) is 11.5 Å². The van der Waals surface area contributed by atoms with Gasteiger partial charge in [0.2, 0.25) is 5.78 Å². The third kappa shape index (κ3) is 3.39. The van der Waals surface area contributed by atoms with Crippen LogP contribution in [0.5, 0.6) is 17.2 Å². The van der Waals surface area contributed by atoms with Crippen LogP contribution in [0.15, 0.2) is 42.5 Å². The molecule has 0 bridgehead atoms. The molecule has 0 N–H and O–H groups in total. The van der Waals surface area contributed by atoms with E-state index in [2.05, 4.69) is 11.8 Å². The van der Waals surface area contributed by atoms with Crippen molar-refractivity contribution >= 4 is 5.78 Å². The highest BCUT2D eigenvalue weighted by Gasteiger charge is 2.10. The molecule has 22 heavy (non-hydrogen) atoms. The quantitative estimate of drug-likeness (QED) is 0.643. The van der Waals surface area contributed by atoms with Crippen LogP contribution in [0.2, 0.25) is 0 Å². The van der Waals surface area contributed by atoms with Crippen LogP contribution in [0.3, 0.4) is 0 Å². The van der Waals surface area contributed by atoms with Crippen LogP contribution >= 0.6 is 0 Å². The van der Waals surface area contributed by atoms with Crippen LogP contribution in [0.25, 0.3) is 0 Å². The van der Waals surface area contributed by atoms with Gasteiger partial charge in [-0.2, -0.15) is 0 Å². The molecule has 0 spiro atoms. The molecule has 4 nitrogen and oxygen atoms in total. The average Bonchev–Trinajstić information content (AvgIpc) is 2.59. The highest BCUT2D eigenvalue weighted by atomic mass is 16.5. The van der Waals surface area contributed by atoms with Crippen molar-refractivity contribution in [3.05, 3.63) is 53.6 Å². The van der Waals surface area contributed by atoms with Gasteiger partial charge in [-0.1, -0.05) is 36.3 Å². The molecule has 2 rings (SSSR count). The number of hydrogen-bond acceptors (Lipinski definition) is 4. The summed E-state index contributed by atoms with van der Waals surface area (Å²) in [5.41, 5.74) is 1.11. The molecule has 0 atom stereocenters. The zero-order chi connectivity index (χ0) is 15.9. The number of methoxy groups -OCH3 is 3. The molecule has 0 aliphatic heterocycles. The standard InChI is InChI=1S/C18H16O4/c1-20-16-12-18(22-3)17(21-2)11-14(16)9-10-15(19)13-7-5-4-6-8-13/h4-8,11-12H,1-3H3. The molecule has 0 unspecified atom stereocenters. The first-order valence-electron chi connectivity index (χ1n) is 6.61. The Bertz CT molecular complexity index is 724. The lowest BCUT2D eigenvalue weighted by molar-refractivity contribution is 0.105. The lowest BCUT2D eigenvalue weighted by Gasteiger charge is -2.11. The molecule has 0 saturated heterocycles. The number of carbonyl (C=O) groups excluding carboxylic acids is 1. The van der Waals surface area contributed by atoms with E-state index in [4.69, 9.17) is 14.2 Å². The van der Waals surface area contributed by atoms with Gasteiger partial charge in [-0.3, -0.25) is 4.79 Å². The fourth-order valence-corrected chi connectivity index (χ4v) is 1.91. The fraction of sp³-hybridized carbons (Fsp3) is 0.167. The SMILES string of the molecule is COc1cc(OC)c(OC)cc1C#CC(=O)c1ccccc1. The molecule has 0 aliphatic rings. The van der Waals surface area contributed by atoms with Gasteiger partial charge in [0, 0.05) is 17.7 Å². The average molecular weight is 296 g/mol. The molecule has 0 radical (unpaired) electrons. The van der Waals surface area contributed by atoms with E-state index in [1.165, 1.54) is 14.2 Å². The molecule has 0 aromatic heterocycles. The maximum Gasteiger partial charge on any atom is 0.236 e. The van der Waals surface area contributed by atoms with E-state index in [0.717, 1.165) is 0 Å². The van der Waals surface area contributed by atoms with Gasteiger partial charge < -0.3 is 14.2 Å². The lowest BCUT2D eigenvalue weighted by atomic mass is 10.1. The molecular formula is C18H16O4. The Kier molecular flexibility index (Phi) is 5.05. The molecule has 0 fully saturated rings. The highest BCUT2D eigenvalue weighted by Crippen LogP contribution is 2.34. The predicted octanol–water partition coefficient (Wildman–Crippen LogP) is 2.95. The summed E-state index contributed by atoms with van der Waals surface area (Å²) in [6, 6.07) is 12.3. The van der Waals surface area contributed by atoms with Crippen molar-refractivity contribution < 1.29 is 19.0 Å². The Balaban J connectivity index is 2.37. The van der Waals surface area contributed by atoms with Gasteiger partial charge in [0.05, 0.1) is 26.9 Å². The minimum atomic E-state index is -0.252. The summed E-state index contributed by atoms with van der Waals surface area (Å²) in [7, 11) is 4.61. The van der Waals surface area contributed by atoms with E-state index >= 15 is 0 Å². The molecular weight excluding hydrogens is 280 g/mol. The van der Waals surface area contributed by atoms with Crippen LogP contribution in [-0.2, 0) is 0 Å². The topological polar surface area (TPSA) is 44.8 Å². The molecule has 4 heteroatoms. The zero-order valence-electron chi connectivity index (χ0n) is 12.7. The normalized spacial score (nSPS) is 9.41. The Hall–Kier alpha value is -2.93. The van der Waals surface area contributed by atoms with Gasteiger partial charge in [0.25, 0.3) is 0 Å². The molecule has 0 saturated carbocycles. The Labute approximate surface area is 129 Å². The third-order valence-corrected chi connectivity index (χ3v) is 3.05. The van der Waals surface area contributed by atoms with Crippen molar-refractivity contribution in [2.24, 2.45) is 0 Å². The minimum Gasteiger partial charge on any atom is -0.495 e. The molecule has 2 aromatic rings. The smallest absolute Gasteiger partial charge is 0.236 e. The van der Waals surface area contributed by atoms with Crippen molar-refractivity contribution in [3.8, 4) is 29.1 Å². The van der Waals surface area contributed by atoms with Crippen molar-refractivity contribution in [1.29, 1.82) is 0 Å². The van der Waals surface area contributed by atoms with Crippen molar-refractivity contribution in [2.45, 2.75) is 0 Å². The maximum atomic E-state index is 12.0. The summed E-state index contributed by atoms with van der Waals surface area (Å²) in [6.07, 6.45) is 0. The summed E-state index contributed by atoms with van der Waals surface area (Å²) in [6.45, 7) is 0. The van der Waals surface area contributed by atoms with Crippen molar-refractivity contribution in [1.82, 2.24) is 0 Å². The molecule has 0 aliphatic carbocycles. The zero-order valence-corrected chi connectivity index (χ0v) is 12.7. The maximum absolute atomic E-state index is 12.0. The second-order valence-corrected chi connectivity index (χ2v) is 4.35. The number of Topliss-reactive ketones (excluding diaryl/α,β-unsaturated/α-hetero) is 1. The summed E-state index contributed by atoms with van der Waals surface area (Å²) in [5.74, 6) is 6.78. The predicted molar refractivity (Wildman–Crippen MR) is 83.7 cm³/mol. The summed E-state index contributed by atoms with van der Waals surface area (Å²) < 4.78 is 15.7. The van der Waals surface area contributed by atoms with Crippen LogP contribution in [0, 0.1) is 11.8 Å². The summed E-state index contributed by atoms with van der Waals surface area (Å²) in [4.78, 5) is 12.0. The van der Waals surface area contributed by atoms with Crippen molar-refractivity contribution in [3.63, 3.8) is 0 Å². The second kappa shape index (κ2) is 7.19. The van der Waals surface area contributed by atoms with Gasteiger partial charge in [-0.05, 0) is 5.92 Å². The summed E-state index contributed by atoms with van der Waals surface area (Å²) >= 11 is 0. The lowest BCUT2D eigenvalue weighted by Crippen LogP contribution is -1.96. The number of rotatable bonds is 4. The largest absolute Gasteiger partial charge is 0.495 e. The van der Waals surface area contributed by atoms with Crippen LogP contribution in [0.1, 0.15) is 15.9 Å². The first-order valence-corrected chi connectivity index (χ1v) is 6.61. The minimum absolute atomic E-state index is 0.252. The van der Waals surface area contributed by atoms with E-state index < -0.39 is 0 Å². The highest BCUT2D eigenvalue weighted by molar-refractivity contribution is 6.09. The van der Waals surface area contributed by atoms with Crippen LogP contribution < -0.4 is 14.2 Å². The van der Waals surface area contributed by atoms with Gasteiger partial charge in [0.1, 0.15) is 5.75 Å². The number of ether oxygens (including phenoxy) is 3. The molecule has 112 valence electrons. The monoisotopic (exact) mass is 296 g/mol. The Morgan fingerprint density at radius 2 is 1.45 bits per heavy atom. The van der Waals surface area contributed by atoms with E-state index in [0.29, 0.717) is 28.4 Å². The van der Waals surface area contributed by atoms with Gasteiger partial charge in [-0.15, -0.1) is 0 Å². The van der Waals surface area contributed by atoms with E-state index in [1.807, 2.05) is 6.07 Å². The number of ketones is 1. The van der Waals surface area contributed by atoms with E-state index in [1.54, 1.807) is 43.5 Å². The van der Waals surface area contributed by atoms with E-state index in [9.17, 15) is 4.79 Å².